The molecular formula is C15H22N2OS. The van der Waals surface area contributed by atoms with Crippen molar-refractivity contribution in [2.24, 2.45) is 11.7 Å². The minimum Gasteiger partial charge on any atom is -0.368 e. The summed E-state index contributed by atoms with van der Waals surface area (Å²) < 4.78 is 0. The van der Waals surface area contributed by atoms with Crippen LogP contribution in [0.4, 0.5) is 0 Å². The highest BCUT2D eigenvalue weighted by molar-refractivity contribution is 7.98. The molecule has 0 spiro atoms. The number of primary amides is 1. The average Bonchev–Trinajstić information content (AvgIpc) is 3.19. The molecule has 1 aromatic rings. The van der Waals surface area contributed by atoms with Gasteiger partial charge >= 0.3 is 0 Å². The Morgan fingerprint density at radius 2 is 2.26 bits per heavy atom. The smallest absolute Gasteiger partial charge is 0.238 e. The van der Waals surface area contributed by atoms with E-state index in [0.29, 0.717) is 5.92 Å². The molecule has 1 aliphatic carbocycles. The van der Waals surface area contributed by atoms with Gasteiger partial charge in [0, 0.05) is 11.5 Å². The van der Waals surface area contributed by atoms with Crippen LogP contribution in [-0.2, 0) is 10.5 Å². The third-order valence-corrected chi connectivity index (χ3v) is 5.04. The number of likely N-dealkylation sites (N-methyl/N-ethyl adjacent to an activating group) is 1. The van der Waals surface area contributed by atoms with E-state index >= 15 is 0 Å². The van der Waals surface area contributed by atoms with E-state index in [9.17, 15) is 4.79 Å². The van der Waals surface area contributed by atoms with Gasteiger partial charge in [0.15, 0.2) is 0 Å². The fourth-order valence-corrected chi connectivity index (χ4v) is 3.86. The van der Waals surface area contributed by atoms with Gasteiger partial charge in [0.1, 0.15) is 5.54 Å². The van der Waals surface area contributed by atoms with Crippen molar-refractivity contribution in [3.8, 4) is 0 Å². The number of thioether (sulfide) groups is 1. The molecule has 0 aromatic heterocycles. The summed E-state index contributed by atoms with van der Waals surface area (Å²) in [5, 5.41) is 3.18. The molecule has 0 heterocycles. The lowest BCUT2D eigenvalue weighted by atomic mass is 9.95. The molecule has 1 amide bonds. The predicted molar refractivity (Wildman–Crippen MR) is 81.1 cm³/mol. The summed E-state index contributed by atoms with van der Waals surface area (Å²) >= 11 is 1.78. The zero-order valence-electron chi connectivity index (χ0n) is 11.6. The van der Waals surface area contributed by atoms with E-state index in [1.807, 2.05) is 7.05 Å². The first-order valence-electron chi connectivity index (χ1n) is 6.70. The molecule has 2 rings (SSSR count). The predicted octanol–water partition coefficient (Wildman–Crippen LogP) is 2.08. The van der Waals surface area contributed by atoms with Gasteiger partial charge < -0.3 is 11.1 Å². The Bertz CT molecular complexity index is 459. The first-order chi connectivity index (χ1) is 9.08. The van der Waals surface area contributed by atoms with E-state index in [1.54, 1.807) is 11.8 Å². The zero-order valence-corrected chi connectivity index (χ0v) is 12.4. The van der Waals surface area contributed by atoms with Crippen molar-refractivity contribution in [3.63, 3.8) is 0 Å². The molecule has 0 saturated heterocycles. The fourth-order valence-electron chi connectivity index (χ4n) is 2.50. The molecular weight excluding hydrogens is 256 g/mol. The Labute approximate surface area is 119 Å². The maximum atomic E-state index is 11.8. The van der Waals surface area contributed by atoms with Gasteiger partial charge in [-0.2, -0.15) is 11.8 Å². The molecule has 1 unspecified atom stereocenters. The minimum absolute atomic E-state index is 0.214. The number of hydrogen-bond donors (Lipinski definition) is 2. The van der Waals surface area contributed by atoms with Crippen molar-refractivity contribution in [2.75, 3.05) is 12.8 Å². The fraction of sp³-hybridized carbons (Fsp3) is 0.533. The van der Waals surface area contributed by atoms with Crippen LogP contribution < -0.4 is 11.1 Å². The Morgan fingerprint density at radius 1 is 1.53 bits per heavy atom. The Balaban J connectivity index is 1.94. The van der Waals surface area contributed by atoms with Crippen molar-refractivity contribution < 1.29 is 4.79 Å². The van der Waals surface area contributed by atoms with Crippen molar-refractivity contribution in [1.29, 1.82) is 0 Å². The summed E-state index contributed by atoms with van der Waals surface area (Å²) in [6.45, 7) is 2.10. The number of rotatable bonds is 7. The molecule has 3 N–H and O–H groups in total. The molecule has 3 nitrogen and oxygen atoms in total. The second-order valence-corrected chi connectivity index (χ2v) is 6.33. The Morgan fingerprint density at radius 3 is 2.79 bits per heavy atom. The number of amides is 1. The van der Waals surface area contributed by atoms with Gasteiger partial charge in [-0.15, -0.1) is 0 Å². The van der Waals surface area contributed by atoms with Crippen molar-refractivity contribution in [1.82, 2.24) is 5.32 Å². The van der Waals surface area contributed by atoms with Crippen LogP contribution in [0.5, 0.6) is 0 Å². The lowest BCUT2D eigenvalue weighted by molar-refractivity contribution is -0.124. The van der Waals surface area contributed by atoms with E-state index in [4.69, 9.17) is 5.73 Å². The molecule has 104 valence electrons. The third-order valence-electron chi connectivity index (χ3n) is 3.84. The van der Waals surface area contributed by atoms with Crippen LogP contribution in [-0.4, -0.2) is 24.2 Å². The largest absolute Gasteiger partial charge is 0.368 e. The van der Waals surface area contributed by atoms with Crippen molar-refractivity contribution in [2.45, 2.75) is 31.1 Å². The van der Waals surface area contributed by atoms with Crippen LogP contribution in [0.3, 0.4) is 0 Å². The maximum absolute atomic E-state index is 11.8. The molecule has 1 aromatic carbocycles. The first kappa shape index (κ1) is 14.4. The molecule has 1 atom stereocenters. The highest BCUT2D eigenvalue weighted by Gasteiger charge is 2.48. The summed E-state index contributed by atoms with van der Waals surface area (Å²) in [5.41, 5.74) is 7.67. The van der Waals surface area contributed by atoms with Gasteiger partial charge in [-0.1, -0.05) is 29.8 Å². The molecule has 0 radical (unpaired) electrons. The second kappa shape index (κ2) is 5.97. The van der Waals surface area contributed by atoms with Gasteiger partial charge in [-0.05, 0) is 38.3 Å². The molecule has 1 saturated carbocycles. The van der Waals surface area contributed by atoms with E-state index < -0.39 is 5.54 Å². The topological polar surface area (TPSA) is 55.1 Å². The van der Waals surface area contributed by atoms with Gasteiger partial charge in [0.05, 0.1) is 0 Å². The van der Waals surface area contributed by atoms with E-state index in [-0.39, 0.29) is 5.91 Å². The van der Waals surface area contributed by atoms with Crippen LogP contribution in [0.25, 0.3) is 0 Å². The highest BCUT2D eigenvalue weighted by atomic mass is 32.2. The summed E-state index contributed by atoms with van der Waals surface area (Å²) in [6, 6.07) is 8.49. The third kappa shape index (κ3) is 3.31. The average molecular weight is 278 g/mol. The number of nitrogens with two attached hydrogens (primary N) is 1. The van der Waals surface area contributed by atoms with E-state index in [1.165, 1.54) is 11.1 Å². The van der Waals surface area contributed by atoms with Crippen LogP contribution in [0.15, 0.2) is 24.3 Å². The molecule has 1 fully saturated rings. The normalized spacial score (nSPS) is 18.0. The molecule has 4 heteroatoms. The second-order valence-electron chi connectivity index (χ2n) is 5.34. The summed E-state index contributed by atoms with van der Waals surface area (Å²) in [5.74, 6) is 1.87. The van der Waals surface area contributed by atoms with Crippen molar-refractivity contribution >= 4 is 17.7 Å². The number of benzene rings is 1. The SMILES string of the molecule is CNC(CSCc1cccc(C)c1)(C(N)=O)C1CC1. The summed E-state index contributed by atoms with van der Waals surface area (Å²) in [4.78, 5) is 11.8. The Kier molecular flexibility index (Phi) is 4.53. The summed E-state index contributed by atoms with van der Waals surface area (Å²) in [6.07, 6.45) is 2.21. The molecule has 0 aliphatic heterocycles. The van der Waals surface area contributed by atoms with Crippen LogP contribution in [0.1, 0.15) is 24.0 Å². The monoisotopic (exact) mass is 278 g/mol. The van der Waals surface area contributed by atoms with Gasteiger partial charge in [-0.25, -0.2) is 0 Å². The Hall–Kier alpha value is -1.00. The van der Waals surface area contributed by atoms with Gasteiger partial charge in [0.25, 0.3) is 0 Å². The summed E-state index contributed by atoms with van der Waals surface area (Å²) in [7, 11) is 1.84. The number of aryl methyl sites for hydroxylation is 1. The molecule has 1 aliphatic rings. The van der Waals surface area contributed by atoms with Crippen LogP contribution in [0.2, 0.25) is 0 Å². The number of nitrogens with one attached hydrogen (secondary N) is 1. The van der Waals surface area contributed by atoms with Gasteiger partial charge in [-0.3, -0.25) is 4.79 Å². The van der Waals surface area contributed by atoms with Gasteiger partial charge in [0.2, 0.25) is 5.91 Å². The number of hydrogen-bond acceptors (Lipinski definition) is 3. The number of carbonyl (C=O) groups excluding carboxylic acids is 1. The highest BCUT2D eigenvalue weighted by Crippen LogP contribution is 2.41. The zero-order chi connectivity index (χ0) is 13.9. The molecule has 19 heavy (non-hydrogen) atoms. The van der Waals surface area contributed by atoms with E-state index in [0.717, 1.165) is 24.3 Å². The maximum Gasteiger partial charge on any atom is 0.238 e. The number of carbonyl (C=O) groups is 1. The lowest BCUT2D eigenvalue weighted by Crippen LogP contribution is -2.57. The van der Waals surface area contributed by atoms with Crippen LogP contribution >= 0.6 is 11.8 Å². The first-order valence-corrected chi connectivity index (χ1v) is 7.86. The lowest BCUT2D eigenvalue weighted by Gasteiger charge is -2.30. The quantitative estimate of drug-likeness (QED) is 0.803. The van der Waals surface area contributed by atoms with Crippen molar-refractivity contribution in [3.05, 3.63) is 35.4 Å². The minimum atomic E-state index is -0.519. The standard InChI is InChI=1S/C15H22N2OS/c1-11-4-3-5-12(8-11)9-19-10-15(17-2,14(16)18)13-6-7-13/h3-5,8,13,17H,6-7,9-10H2,1-2H3,(H2,16,18). The molecule has 0 bridgehead atoms. The van der Waals surface area contributed by atoms with E-state index in [2.05, 4.69) is 36.5 Å². The van der Waals surface area contributed by atoms with Crippen LogP contribution in [0, 0.1) is 12.8 Å².